The fourth-order valence-electron chi connectivity index (χ4n) is 4.88. The highest BCUT2D eigenvalue weighted by Gasteiger charge is 2.45. The van der Waals surface area contributed by atoms with Crippen LogP contribution in [-0.2, 0) is 9.53 Å². The summed E-state index contributed by atoms with van der Waals surface area (Å²) < 4.78 is 55.9. The van der Waals surface area contributed by atoms with Crippen LogP contribution in [0, 0.1) is 0 Å². The zero-order chi connectivity index (χ0) is 28.6. The Morgan fingerprint density at radius 1 is 1.00 bits per heavy atom. The number of piperidine rings is 1. The number of alkyl halides is 3. The molecule has 1 aliphatic heterocycles. The number of carbonyl (C=O) groups is 1. The molecule has 0 aliphatic carbocycles. The van der Waals surface area contributed by atoms with Crippen LogP contribution in [0.4, 0.5) is 13.2 Å². The minimum Gasteiger partial charge on any atom is -0.507 e. The first-order valence-electron chi connectivity index (χ1n) is 12.3. The van der Waals surface area contributed by atoms with Gasteiger partial charge in [-0.1, -0.05) is 30.3 Å². The minimum atomic E-state index is -5.22. The van der Waals surface area contributed by atoms with E-state index in [1.807, 2.05) is 18.2 Å². The van der Waals surface area contributed by atoms with Gasteiger partial charge < -0.3 is 29.0 Å². The van der Waals surface area contributed by atoms with Gasteiger partial charge in [-0.2, -0.15) is 13.2 Å². The van der Waals surface area contributed by atoms with Crippen molar-refractivity contribution in [3.8, 4) is 34.3 Å². The van der Waals surface area contributed by atoms with Gasteiger partial charge in [-0.15, -0.1) is 0 Å². The summed E-state index contributed by atoms with van der Waals surface area (Å²) in [5, 5.41) is 21.1. The summed E-state index contributed by atoms with van der Waals surface area (Å²) in [6.45, 7) is 0.340. The molecule has 2 heterocycles. The van der Waals surface area contributed by atoms with Gasteiger partial charge in [-0.25, -0.2) is 4.79 Å². The number of hydrogen-bond acceptors (Lipinski definition) is 8. The molecule has 0 saturated carbocycles. The number of phenols is 2. The average Bonchev–Trinajstić information content (AvgIpc) is 2.89. The summed E-state index contributed by atoms with van der Waals surface area (Å²) in [5.74, 6) is -3.30. The topological polar surface area (TPSA) is 109 Å². The number of halogens is 3. The highest BCUT2D eigenvalue weighted by Crippen LogP contribution is 2.43. The molecule has 3 aromatic carbocycles. The van der Waals surface area contributed by atoms with Gasteiger partial charge in [0.1, 0.15) is 45.8 Å². The highest BCUT2D eigenvalue weighted by atomic mass is 19.4. The van der Waals surface area contributed by atoms with Gasteiger partial charge in [-0.3, -0.25) is 4.79 Å². The Morgan fingerprint density at radius 2 is 1.73 bits per heavy atom. The van der Waals surface area contributed by atoms with Crippen LogP contribution in [0.2, 0.25) is 0 Å². The number of ether oxygens (including phenoxy) is 2. The summed E-state index contributed by atoms with van der Waals surface area (Å²) in [7, 11) is 1.65. The highest BCUT2D eigenvalue weighted by molar-refractivity contribution is 5.90. The van der Waals surface area contributed by atoms with E-state index in [1.165, 1.54) is 6.07 Å². The number of benzene rings is 3. The Kier molecular flexibility index (Phi) is 7.16. The van der Waals surface area contributed by atoms with Gasteiger partial charge in [0.2, 0.25) is 0 Å². The van der Waals surface area contributed by atoms with Crippen molar-refractivity contribution in [3.63, 3.8) is 0 Å². The molecule has 2 N–H and O–H groups in total. The zero-order valence-electron chi connectivity index (χ0n) is 21.1. The second-order valence-electron chi connectivity index (χ2n) is 9.55. The fourth-order valence-corrected chi connectivity index (χ4v) is 4.88. The molecule has 0 spiro atoms. The molecule has 11 heteroatoms. The lowest BCUT2D eigenvalue weighted by Crippen LogP contribution is -2.45. The fraction of sp³-hybridized carbons (Fsp3) is 0.241. The predicted octanol–water partition coefficient (Wildman–Crippen LogP) is 5.56. The molecule has 2 atom stereocenters. The quantitative estimate of drug-likeness (QED) is 0.308. The van der Waals surface area contributed by atoms with E-state index in [2.05, 4.69) is 0 Å². The van der Waals surface area contributed by atoms with Crippen molar-refractivity contribution in [2.75, 3.05) is 20.1 Å². The molecule has 1 fully saturated rings. The summed E-state index contributed by atoms with van der Waals surface area (Å²) in [6.07, 6.45) is -6.36. The van der Waals surface area contributed by atoms with Gasteiger partial charge >= 0.3 is 12.1 Å². The van der Waals surface area contributed by atoms with Gasteiger partial charge in [0.15, 0.2) is 5.43 Å². The Morgan fingerprint density at radius 3 is 2.45 bits per heavy atom. The number of hydrogen-bond donors (Lipinski definition) is 2. The second kappa shape index (κ2) is 10.6. The Hall–Kier alpha value is -4.51. The molecule has 1 aliphatic rings. The number of rotatable bonds is 5. The normalized spacial score (nSPS) is 18.0. The summed E-state index contributed by atoms with van der Waals surface area (Å²) >= 11 is 0. The van der Waals surface area contributed by atoms with Crippen molar-refractivity contribution in [2.45, 2.75) is 24.6 Å². The number of nitrogens with zero attached hydrogens (tertiary/aromatic N) is 1. The van der Waals surface area contributed by atoms with Crippen molar-refractivity contribution in [1.29, 1.82) is 0 Å². The zero-order valence-corrected chi connectivity index (χ0v) is 21.1. The van der Waals surface area contributed by atoms with Crippen LogP contribution in [0.1, 0.15) is 17.9 Å². The largest absolute Gasteiger partial charge is 0.507 e. The third-order valence-electron chi connectivity index (χ3n) is 6.72. The van der Waals surface area contributed by atoms with E-state index in [-0.39, 0.29) is 35.3 Å². The van der Waals surface area contributed by atoms with Crippen molar-refractivity contribution in [1.82, 2.24) is 4.90 Å². The lowest BCUT2D eigenvalue weighted by Gasteiger charge is -2.36. The van der Waals surface area contributed by atoms with E-state index < -0.39 is 41.1 Å². The first-order valence-corrected chi connectivity index (χ1v) is 12.3. The molecule has 40 heavy (non-hydrogen) atoms. The van der Waals surface area contributed by atoms with E-state index in [0.29, 0.717) is 23.6 Å². The molecule has 0 radical (unpaired) electrons. The molecule has 4 aromatic rings. The number of likely N-dealkylation sites (N-methyl/N-ethyl adjacent to an activating group) is 1. The molecule has 8 nitrogen and oxygen atoms in total. The average molecular weight is 556 g/mol. The number of phenolic OH excluding ortho intramolecular Hbond substituents is 2. The summed E-state index contributed by atoms with van der Waals surface area (Å²) in [4.78, 5) is 26.6. The smallest absolute Gasteiger partial charge is 0.490 e. The van der Waals surface area contributed by atoms with Gasteiger partial charge in [-0.05, 0) is 44.3 Å². The molecule has 1 aromatic heterocycles. The maximum atomic E-state index is 13.2. The number of carbonyl (C=O) groups excluding carboxylic acids is 1. The molecule has 1 saturated heterocycles. The number of esters is 1. The van der Waals surface area contributed by atoms with Gasteiger partial charge in [0.25, 0.3) is 0 Å². The minimum absolute atomic E-state index is 0.0310. The third-order valence-corrected chi connectivity index (χ3v) is 6.72. The SMILES string of the molecule is CN1CC[C@H](c2c(O)cc(O)c3c(=O)cc(-c4cccc(Oc5ccccc5)c4)oc23)[C@H](OC(=O)C(F)(F)F)C1. The van der Waals surface area contributed by atoms with E-state index in [1.54, 1.807) is 48.3 Å². The van der Waals surface area contributed by atoms with Crippen LogP contribution in [0.3, 0.4) is 0 Å². The molecule has 0 amide bonds. The summed E-state index contributed by atoms with van der Waals surface area (Å²) in [6, 6.07) is 17.8. The number of fused-ring (bicyclic) bond motifs is 1. The van der Waals surface area contributed by atoms with Crippen LogP contribution >= 0.6 is 0 Å². The molecular formula is C29H24F3NO7. The third kappa shape index (κ3) is 5.46. The Balaban J connectivity index is 1.61. The van der Waals surface area contributed by atoms with Crippen LogP contribution in [0.25, 0.3) is 22.3 Å². The number of para-hydroxylation sites is 1. The maximum Gasteiger partial charge on any atom is 0.490 e. The predicted molar refractivity (Wildman–Crippen MR) is 139 cm³/mol. The van der Waals surface area contributed by atoms with Gasteiger partial charge in [0, 0.05) is 35.7 Å². The van der Waals surface area contributed by atoms with E-state index in [4.69, 9.17) is 13.9 Å². The van der Waals surface area contributed by atoms with Crippen molar-refractivity contribution < 1.29 is 42.1 Å². The maximum absolute atomic E-state index is 13.2. The molecule has 0 unspecified atom stereocenters. The van der Waals surface area contributed by atoms with E-state index >= 15 is 0 Å². The van der Waals surface area contributed by atoms with Gasteiger partial charge in [0.05, 0.1) is 0 Å². The monoisotopic (exact) mass is 555 g/mol. The first kappa shape index (κ1) is 27.1. The number of likely N-dealkylation sites (tertiary alicyclic amines) is 1. The summed E-state index contributed by atoms with van der Waals surface area (Å²) in [5.41, 5.74) is -0.445. The molecule has 5 rings (SSSR count). The lowest BCUT2D eigenvalue weighted by atomic mass is 9.85. The van der Waals surface area contributed by atoms with E-state index in [9.17, 15) is 33.0 Å². The second-order valence-corrected chi connectivity index (χ2v) is 9.55. The van der Waals surface area contributed by atoms with Crippen molar-refractivity contribution in [3.05, 3.63) is 82.5 Å². The van der Waals surface area contributed by atoms with Crippen LogP contribution in [-0.4, -0.2) is 53.5 Å². The Labute approximate surface area is 225 Å². The van der Waals surface area contributed by atoms with Crippen LogP contribution in [0.5, 0.6) is 23.0 Å². The standard InChI is InChI=1S/C29H24F3NO7/c1-33-11-10-19(24(15-33)40-28(37)29(30,31)32)25-20(34)13-21(35)26-22(36)14-23(39-27(25)26)16-6-5-9-18(12-16)38-17-7-3-2-4-8-17/h2-9,12-14,19,24,34-35H,10-11,15H2,1H3/t19-,24+/m0/s1. The first-order chi connectivity index (χ1) is 19.0. The van der Waals surface area contributed by atoms with Crippen LogP contribution in [0.15, 0.2) is 75.9 Å². The molecule has 208 valence electrons. The van der Waals surface area contributed by atoms with Crippen molar-refractivity contribution >= 4 is 16.9 Å². The van der Waals surface area contributed by atoms with Crippen LogP contribution < -0.4 is 10.2 Å². The lowest BCUT2D eigenvalue weighted by molar-refractivity contribution is -0.207. The molecule has 0 bridgehead atoms. The Bertz CT molecular complexity index is 1620. The van der Waals surface area contributed by atoms with Crippen molar-refractivity contribution in [2.24, 2.45) is 0 Å². The molecular weight excluding hydrogens is 531 g/mol. The van der Waals surface area contributed by atoms with E-state index in [0.717, 1.165) is 6.07 Å². The number of aromatic hydroxyl groups is 2.